The van der Waals surface area contributed by atoms with Crippen molar-refractivity contribution in [2.45, 2.75) is 32.3 Å². The van der Waals surface area contributed by atoms with Crippen molar-refractivity contribution in [2.75, 3.05) is 0 Å². The molecule has 0 amide bonds. The first-order valence-corrected chi connectivity index (χ1v) is 4.36. The fourth-order valence-corrected chi connectivity index (χ4v) is 0.828. The van der Waals surface area contributed by atoms with E-state index >= 15 is 0 Å². The van der Waals surface area contributed by atoms with Gasteiger partial charge in [-0.2, -0.15) is 0 Å². The van der Waals surface area contributed by atoms with Crippen molar-refractivity contribution in [2.24, 2.45) is 0 Å². The molecule has 1 atom stereocenters. The van der Waals surface area contributed by atoms with E-state index in [4.69, 9.17) is 11.6 Å². The molecule has 0 aliphatic rings. The number of hydrogen-bond donors (Lipinski definition) is 1. The molecule has 0 aliphatic carbocycles. The van der Waals surface area contributed by atoms with Crippen molar-refractivity contribution in [3.05, 3.63) is 23.8 Å². The van der Waals surface area contributed by atoms with Gasteiger partial charge in [-0.25, -0.2) is 0 Å². The Labute approximate surface area is 73.4 Å². The van der Waals surface area contributed by atoms with Crippen molar-refractivity contribution in [1.82, 2.24) is 0 Å². The molecule has 0 fully saturated rings. The number of allylic oxidation sites excluding steroid dienone is 2. The molecule has 11 heavy (non-hydrogen) atoms. The van der Waals surface area contributed by atoms with Gasteiger partial charge in [0.15, 0.2) is 0 Å². The average molecular weight is 175 g/mol. The summed E-state index contributed by atoms with van der Waals surface area (Å²) in [4.78, 5) is 0. The first-order chi connectivity index (χ1) is 5.31. The van der Waals surface area contributed by atoms with Gasteiger partial charge in [0.05, 0.1) is 6.10 Å². The lowest BCUT2D eigenvalue weighted by Gasteiger charge is -2.01. The van der Waals surface area contributed by atoms with Crippen molar-refractivity contribution in [1.29, 1.82) is 0 Å². The predicted molar refractivity (Wildman–Crippen MR) is 49.7 cm³/mol. The highest BCUT2D eigenvalue weighted by atomic mass is 35.5. The van der Waals surface area contributed by atoms with Gasteiger partial charge in [-0.05, 0) is 6.42 Å². The summed E-state index contributed by atoms with van der Waals surface area (Å²) in [5.41, 5.74) is 1.42. The molecule has 0 heterocycles. The third kappa shape index (κ3) is 7.63. The lowest BCUT2D eigenvalue weighted by Crippen LogP contribution is -2.00. The first-order valence-electron chi connectivity index (χ1n) is 3.93. The number of aliphatic hydroxyl groups excluding tert-OH is 1. The van der Waals surface area contributed by atoms with Crippen LogP contribution in [-0.2, 0) is 0 Å². The van der Waals surface area contributed by atoms with Crippen LogP contribution in [0.25, 0.3) is 0 Å². The third-order valence-corrected chi connectivity index (χ3v) is 1.52. The van der Waals surface area contributed by atoms with Crippen molar-refractivity contribution in [3.63, 3.8) is 0 Å². The largest absolute Gasteiger partial charge is 0.389 e. The van der Waals surface area contributed by atoms with Gasteiger partial charge < -0.3 is 5.11 Å². The summed E-state index contributed by atoms with van der Waals surface area (Å²) in [6.07, 6.45) is 7.90. The van der Waals surface area contributed by atoms with Crippen LogP contribution in [0.2, 0.25) is 0 Å². The van der Waals surface area contributed by atoms with E-state index in [9.17, 15) is 5.11 Å². The maximum Gasteiger partial charge on any atom is 0.0723 e. The summed E-state index contributed by atoms with van der Waals surface area (Å²) >= 11 is 5.28. The molecule has 1 nitrogen and oxygen atoms in total. The van der Waals surface area contributed by atoms with Crippen LogP contribution < -0.4 is 0 Å². The molecule has 0 radical (unpaired) electrons. The van der Waals surface area contributed by atoms with E-state index in [-0.39, 0.29) is 6.10 Å². The number of halogens is 1. The van der Waals surface area contributed by atoms with Gasteiger partial charge in [-0.15, -0.1) is 0 Å². The molecule has 0 bridgehead atoms. The molecule has 0 spiro atoms. The number of aliphatic hydroxyl groups is 1. The van der Waals surface area contributed by atoms with E-state index < -0.39 is 0 Å². The zero-order valence-electron chi connectivity index (χ0n) is 6.83. The number of unbranched alkanes of at least 4 members (excludes halogenated alkanes) is 1. The molecule has 0 unspecified atom stereocenters. The highest BCUT2D eigenvalue weighted by Crippen LogP contribution is 2.01. The Morgan fingerprint density at radius 1 is 1.45 bits per heavy atom. The minimum atomic E-state index is -0.317. The monoisotopic (exact) mass is 174 g/mol. The van der Waals surface area contributed by atoms with Crippen LogP contribution in [0.15, 0.2) is 23.8 Å². The van der Waals surface area contributed by atoms with Crippen LogP contribution in [0.5, 0.6) is 0 Å². The minimum Gasteiger partial charge on any atom is -0.389 e. The highest BCUT2D eigenvalue weighted by molar-refractivity contribution is 6.25. The molecular weight excluding hydrogens is 160 g/mol. The molecule has 2 heteroatoms. The Balaban J connectivity index is 3.42. The lowest BCUT2D eigenvalue weighted by atomic mass is 10.1. The fraction of sp³-hybridized carbons (Fsp3) is 0.556. The van der Waals surface area contributed by atoms with Gasteiger partial charge in [0.25, 0.3) is 0 Å². The van der Waals surface area contributed by atoms with E-state index in [2.05, 4.69) is 6.92 Å². The standard InChI is InChI=1S/C9H15ClO/c1-2-3-6-9(11)7-4-5-8-10/h4-5,7-9,11H,2-3,6H2,1H3/b7-4+,8-5+/t9-/m0/s1. The quantitative estimate of drug-likeness (QED) is 0.636. The average Bonchev–Trinajstić information content (AvgIpc) is 2.01. The lowest BCUT2D eigenvalue weighted by molar-refractivity contribution is 0.209. The van der Waals surface area contributed by atoms with Crippen LogP contribution in [0.1, 0.15) is 26.2 Å². The number of rotatable bonds is 5. The van der Waals surface area contributed by atoms with Crippen LogP contribution in [0, 0.1) is 0 Å². The second-order valence-electron chi connectivity index (χ2n) is 2.41. The Kier molecular flexibility index (Phi) is 7.64. The summed E-state index contributed by atoms with van der Waals surface area (Å²) < 4.78 is 0. The molecule has 0 aromatic carbocycles. The topological polar surface area (TPSA) is 20.2 Å². The van der Waals surface area contributed by atoms with E-state index in [1.165, 1.54) is 5.54 Å². The molecule has 0 aliphatic heterocycles. The molecule has 0 saturated heterocycles. The molecule has 0 rings (SSSR count). The molecule has 64 valence electrons. The van der Waals surface area contributed by atoms with Gasteiger partial charge in [-0.3, -0.25) is 0 Å². The van der Waals surface area contributed by atoms with Gasteiger partial charge in [0, 0.05) is 5.54 Å². The van der Waals surface area contributed by atoms with Crippen LogP contribution >= 0.6 is 11.6 Å². The summed E-state index contributed by atoms with van der Waals surface area (Å²) in [6, 6.07) is 0. The number of hydrogen-bond acceptors (Lipinski definition) is 1. The molecule has 0 saturated carbocycles. The van der Waals surface area contributed by atoms with Gasteiger partial charge in [0.1, 0.15) is 0 Å². The van der Waals surface area contributed by atoms with Crippen molar-refractivity contribution >= 4 is 11.6 Å². The van der Waals surface area contributed by atoms with Crippen molar-refractivity contribution < 1.29 is 5.11 Å². The fourth-order valence-electron chi connectivity index (χ4n) is 0.744. The first kappa shape index (κ1) is 10.7. The second kappa shape index (κ2) is 7.83. The SMILES string of the molecule is CCCC[C@H](O)/C=C/C=C/Cl. The predicted octanol–water partition coefficient (Wildman–Crippen LogP) is 2.85. The zero-order valence-corrected chi connectivity index (χ0v) is 7.59. The summed E-state index contributed by atoms with van der Waals surface area (Å²) in [6.45, 7) is 2.11. The van der Waals surface area contributed by atoms with E-state index in [1.54, 1.807) is 18.2 Å². The summed E-state index contributed by atoms with van der Waals surface area (Å²) in [7, 11) is 0. The van der Waals surface area contributed by atoms with Gasteiger partial charge >= 0.3 is 0 Å². The maximum absolute atomic E-state index is 9.24. The van der Waals surface area contributed by atoms with Crippen LogP contribution in [0.3, 0.4) is 0 Å². The van der Waals surface area contributed by atoms with E-state index in [0.717, 1.165) is 19.3 Å². The van der Waals surface area contributed by atoms with E-state index in [1.807, 2.05) is 0 Å². The normalized spacial score (nSPS) is 14.8. The van der Waals surface area contributed by atoms with Crippen LogP contribution in [-0.4, -0.2) is 11.2 Å². The molecule has 1 N–H and O–H groups in total. The van der Waals surface area contributed by atoms with Crippen molar-refractivity contribution in [3.8, 4) is 0 Å². The Morgan fingerprint density at radius 2 is 2.18 bits per heavy atom. The molecule has 0 aromatic rings. The minimum absolute atomic E-state index is 0.317. The zero-order chi connectivity index (χ0) is 8.53. The Hall–Kier alpha value is -0.270. The molecular formula is C9H15ClO. The second-order valence-corrected chi connectivity index (χ2v) is 2.66. The van der Waals surface area contributed by atoms with Gasteiger partial charge in [-0.1, -0.05) is 49.6 Å². The smallest absolute Gasteiger partial charge is 0.0723 e. The van der Waals surface area contributed by atoms with Crippen LogP contribution in [0.4, 0.5) is 0 Å². The van der Waals surface area contributed by atoms with E-state index in [0.29, 0.717) is 0 Å². The summed E-state index contributed by atoms with van der Waals surface area (Å²) in [5.74, 6) is 0. The third-order valence-electron chi connectivity index (χ3n) is 1.37. The molecule has 0 aromatic heterocycles. The Morgan fingerprint density at radius 3 is 2.73 bits per heavy atom. The summed E-state index contributed by atoms with van der Waals surface area (Å²) in [5, 5.41) is 9.24. The maximum atomic E-state index is 9.24. The Bertz CT molecular complexity index is 130. The van der Waals surface area contributed by atoms with Gasteiger partial charge in [0.2, 0.25) is 0 Å². The highest BCUT2D eigenvalue weighted by Gasteiger charge is 1.94.